The zero-order valence-electron chi connectivity index (χ0n) is 15.3. The highest BCUT2D eigenvalue weighted by Crippen LogP contribution is 2.37. The second-order valence-corrected chi connectivity index (χ2v) is 11.6. The van der Waals surface area contributed by atoms with Gasteiger partial charge in [0, 0.05) is 12.5 Å². The standard InChI is InChI=1S/C22H28OSi/c1-6-19(7-2)18-23-24(22(3,4)5,20-14-10-8-11-15-20)21-16-12-9-13-17-21/h1,8-17,19H,7,18H2,2-5H3/t19-/m1/s1. The minimum Gasteiger partial charge on any atom is -0.406 e. The largest absolute Gasteiger partial charge is 0.406 e. The second kappa shape index (κ2) is 7.83. The van der Waals surface area contributed by atoms with Crippen molar-refractivity contribution in [3.8, 4) is 12.3 Å². The summed E-state index contributed by atoms with van der Waals surface area (Å²) >= 11 is 0. The molecule has 126 valence electrons. The summed E-state index contributed by atoms with van der Waals surface area (Å²) in [5, 5.41) is 2.61. The topological polar surface area (TPSA) is 9.23 Å². The van der Waals surface area contributed by atoms with Gasteiger partial charge in [-0.1, -0.05) is 88.4 Å². The molecule has 0 bridgehead atoms. The Balaban J connectivity index is 2.60. The van der Waals surface area contributed by atoms with Crippen molar-refractivity contribution in [2.24, 2.45) is 5.92 Å². The van der Waals surface area contributed by atoms with E-state index in [1.54, 1.807) is 0 Å². The average Bonchev–Trinajstić information content (AvgIpc) is 2.59. The summed E-state index contributed by atoms with van der Waals surface area (Å²) in [6.45, 7) is 9.60. The summed E-state index contributed by atoms with van der Waals surface area (Å²) in [5.74, 6) is 3.03. The van der Waals surface area contributed by atoms with Gasteiger partial charge >= 0.3 is 0 Å². The van der Waals surface area contributed by atoms with Gasteiger partial charge in [0.25, 0.3) is 8.32 Å². The van der Waals surface area contributed by atoms with Crippen molar-refractivity contribution in [1.82, 2.24) is 0 Å². The molecule has 2 aromatic carbocycles. The Kier molecular flexibility index (Phi) is 6.04. The first-order valence-corrected chi connectivity index (χ1v) is 10.6. The molecule has 0 heterocycles. The molecule has 0 spiro atoms. The highest BCUT2D eigenvalue weighted by molar-refractivity contribution is 6.99. The quantitative estimate of drug-likeness (QED) is 0.567. The van der Waals surface area contributed by atoms with Crippen LogP contribution >= 0.6 is 0 Å². The molecule has 0 N–H and O–H groups in total. The highest BCUT2D eigenvalue weighted by Gasteiger charge is 2.50. The van der Waals surface area contributed by atoms with Crippen LogP contribution in [0.5, 0.6) is 0 Å². The van der Waals surface area contributed by atoms with Crippen LogP contribution in [-0.2, 0) is 4.43 Å². The van der Waals surface area contributed by atoms with Crippen molar-refractivity contribution in [1.29, 1.82) is 0 Å². The molecule has 0 radical (unpaired) electrons. The summed E-state index contributed by atoms with van der Waals surface area (Å²) in [7, 11) is -2.44. The molecule has 24 heavy (non-hydrogen) atoms. The minimum atomic E-state index is -2.44. The molecule has 0 unspecified atom stereocenters. The lowest BCUT2D eigenvalue weighted by Gasteiger charge is -2.43. The van der Waals surface area contributed by atoms with E-state index in [2.05, 4.69) is 94.3 Å². The fourth-order valence-corrected chi connectivity index (χ4v) is 7.88. The molecule has 0 aliphatic heterocycles. The summed E-state index contributed by atoms with van der Waals surface area (Å²) in [5.41, 5.74) is 0. The molecule has 0 aliphatic rings. The third-order valence-corrected chi connectivity index (χ3v) is 9.65. The molecule has 2 aromatic rings. The molecule has 2 heteroatoms. The Morgan fingerprint density at radius 1 is 0.958 bits per heavy atom. The van der Waals surface area contributed by atoms with E-state index in [4.69, 9.17) is 10.8 Å². The van der Waals surface area contributed by atoms with Gasteiger partial charge in [-0.3, -0.25) is 0 Å². The Labute approximate surface area is 148 Å². The third kappa shape index (κ3) is 3.64. The van der Waals surface area contributed by atoms with Crippen molar-refractivity contribution < 1.29 is 4.43 Å². The Morgan fingerprint density at radius 3 is 1.75 bits per heavy atom. The predicted octanol–water partition coefficient (Wildman–Crippen LogP) is 4.22. The van der Waals surface area contributed by atoms with Gasteiger partial charge in [-0.25, -0.2) is 0 Å². The Bertz CT molecular complexity index is 625. The molecule has 0 aliphatic carbocycles. The van der Waals surface area contributed by atoms with E-state index in [0.29, 0.717) is 6.61 Å². The maximum Gasteiger partial charge on any atom is 0.261 e. The SMILES string of the molecule is C#C[C@H](CC)CO[Si](c1ccccc1)(c1ccccc1)C(C)(C)C. The first kappa shape index (κ1) is 18.5. The fraction of sp³-hybridized carbons (Fsp3) is 0.364. The van der Waals surface area contributed by atoms with Gasteiger partial charge in [0.15, 0.2) is 0 Å². The second-order valence-electron chi connectivity index (χ2n) is 7.25. The molecule has 0 amide bonds. The van der Waals surface area contributed by atoms with Crippen LogP contribution in [0, 0.1) is 18.3 Å². The van der Waals surface area contributed by atoms with E-state index in [1.807, 2.05) is 0 Å². The van der Waals surface area contributed by atoms with Gasteiger partial charge in [-0.2, -0.15) is 0 Å². The minimum absolute atomic E-state index is 0.00258. The van der Waals surface area contributed by atoms with Crippen LogP contribution in [0.2, 0.25) is 5.04 Å². The zero-order chi connectivity index (χ0) is 17.6. The van der Waals surface area contributed by atoms with Gasteiger partial charge in [0.2, 0.25) is 0 Å². The smallest absolute Gasteiger partial charge is 0.261 e. The van der Waals surface area contributed by atoms with E-state index in [9.17, 15) is 0 Å². The van der Waals surface area contributed by atoms with Crippen molar-refractivity contribution in [3.05, 3.63) is 60.7 Å². The molecule has 2 rings (SSSR count). The lowest BCUT2D eigenvalue weighted by Crippen LogP contribution is -2.66. The number of terminal acetylenes is 1. The van der Waals surface area contributed by atoms with Crippen LogP contribution in [0.1, 0.15) is 34.1 Å². The highest BCUT2D eigenvalue weighted by atomic mass is 28.4. The summed E-state index contributed by atoms with van der Waals surface area (Å²) < 4.78 is 6.81. The lowest BCUT2D eigenvalue weighted by molar-refractivity contribution is 0.261. The summed E-state index contributed by atoms with van der Waals surface area (Å²) in [6, 6.07) is 21.4. The third-order valence-electron chi connectivity index (χ3n) is 4.65. The van der Waals surface area contributed by atoms with Crippen LogP contribution in [0.25, 0.3) is 0 Å². The molecule has 0 saturated heterocycles. The molecule has 0 saturated carbocycles. The molecule has 0 fully saturated rings. The molecule has 1 nitrogen and oxygen atoms in total. The summed E-state index contributed by atoms with van der Waals surface area (Å²) in [6.07, 6.45) is 6.62. The fourth-order valence-electron chi connectivity index (χ4n) is 3.27. The van der Waals surface area contributed by atoms with Gasteiger partial charge in [-0.15, -0.1) is 12.3 Å². The van der Waals surface area contributed by atoms with Crippen molar-refractivity contribution >= 4 is 18.7 Å². The normalized spacial score (nSPS) is 13.3. The summed E-state index contributed by atoms with van der Waals surface area (Å²) in [4.78, 5) is 0. The maximum atomic E-state index is 6.81. The number of benzene rings is 2. The molecular weight excluding hydrogens is 308 g/mol. The van der Waals surface area contributed by atoms with E-state index >= 15 is 0 Å². The van der Waals surface area contributed by atoms with Crippen molar-refractivity contribution in [3.63, 3.8) is 0 Å². The molecular formula is C22H28OSi. The van der Waals surface area contributed by atoms with Crippen LogP contribution < -0.4 is 10.4 Å². The number of rotatable bonds is 6. The Hall–Kier alpha value is -1.82. The van der Waals surface area contributed by atoms with Crippen LogP contribution in [0.3, 0.4) is 0 Å². The van der Waals surface area contributed by atoms with E-state index in [1.165, 1.54) is 10.4 Å². The van der Waals surface area contributed by atoms with Crippen LogP contribution in [0.4, 0.5) is 0 Å². The van der Waals surface area contributed by atoms with Gasteiger partial charge in [-0.05, 0) is 21.8 Å². The zero-order valence-corrected chi connectivity index (χ0v) is 16.3. The molecule has 1 atom stereocenters. The van der Waals surface area contributed by atoms with Crippen LogP contribution in [0.15, 0.2) is 60.7 Å². The number of hydrogen-bond acceptors (Lipinski definition) is 1. The van der Waals surface area contributed by atoms with Crippen molar-refractivity contribution in [2.45, 2.75) is 39.2 Å². The van der Waals surface area contributed by atoms with E-state index in [0.717, 1.165) is 6.42 Å². The first-order chi connectivity index (χ1) is 11.5. The van der Waals surface area contributed by atoms with E-state index < -0.39 is 8.32 Å². The number of hydrogen-bond donors (Lipinski definition) is 0. The molecule has 0 aromatic heterocycles. The van der Waals surface area contributed by atoms with Gasteiger partial charge in [0.05, 0.1) is 0 Å². The van der Waals surface area contributed by atoms with Gasteiger partial charge in [0.1, 0.15) is 0 Å². The first-order valence-electron chi connectivity index (χ1n) is 8.67. The van der Waals surface area contributed by atoms with Crippen LogP contribution in [-0.4, -0.2) is 14.9 Å². The monoisotopic (exact) mass is 336 g/mol. The lowest BCUT2D eigenvalue weighted by atomic mass is 10.1. The van der Waals surface area contributed by atoms with Gasteiger partial charge < -0.3 is 4.43 Å². The Morgan fingerprint density at radius 2 is 1.42 bits per heavy atom. The average molecular weight is 337 g/mol. The maximum absolute atomic E-state index is 6.81. The van der Waals surface area contributed by atoms with E-state index in [-0.39, 0.29) is 11.0 Å². The van der Waals surface area contributed by atoms with Crippen molar-refractivity contribution in [2.75, 3.05) is 6.61 Å². The predicted molar refractivity (Wildman–Crippen MR) is 106 cm³/mol.